The maximum Gasteiger partial charge on any atom is -0.00152 e. The number of rotatable bonds is 6. The van der Waals surface area contributed by atoms with Crippen LogP contribution in [0.1, 0.15) is 32.6 Å². The lowest BCUT2D eigenvalue weighted by molar-refractivity contribution is 0.315. The van der Waals surface area contributed by atoms with Crippen molar-refractivity contribution in [2.75, 3.05) is 25.1 Å². The first kappa shape index (κ1) is 11.8. The second kappa shape index (κ2) is 5.58. The Labute approximate surface area is 98.8 Å². The molecule has 2 bridgehead atoms. The molecule has 0 aliphatic heterocycles. The molecule has 1 nitrogen and oxygen atoms in total. The summed E-state index contributed by atoms with van der Waals surface area (Å²) < 4.78 is 0. The summed E-state index contributed by atoms with van der Waals surface area (Å²) in [5.41, 5.74) is 0. The molecule has 2 aliphatic carbocycles. The van der Waals surface area contributed by atoms with Gasteiger partial charge in [0.1, 0.15) is 0 Å². The zero-order valence-electron chi connectivity index (χ0n) is 10.2. The Morgan fingerprint density at radius 2 is 2.20 bits per heavy atom. The Balaban J connectivity index is 1.58. The van der Waals surface area contributed by atoms with Crippen LogP contribution in [-0.4, -0.2) is 25.1 Å². The summed E-state index contributed by atoms with van der Waals surface area (Å²) in [5, 5.41) is 3.68. The quantitative estimate of drug-likeness (QED) is 0.748. The number of fused-ring (bicyclic) bond motifs is 2. The summed E-state index contributed by atoms with van der Waals surface area (Å²) in [6.45, 7) is 4.86. The van der Waals surface area contributed by atoms with Gasteiger partial charge in [-0.25, -0.2) is 0 Å². The Morgan fingerprint density at radius 3 is 2.80 bits per heavy atom. The van der Waals surface area contributed by atoms with Crippen LogP contribution in [0.4, 0.5) is 0 Å². The number of hydrogen-bond donors (Lipinski definition) is 1. The fraction of sp³-hybridized carbons (Fsp3) is 1.00. The highest BCUT2D eigenvalue weighted by Gasteiger charge is 2.38. The van der Waals surface area contributed by atoms with Crippen molar-refractivity contribution in [2.24, 2.45) is 23.7 Å². The number of hydrogen-bond acceptors (Lipinski definition) is 2. The van der Waals surface area contributed by atoms with E-state index in [-0.39, 0.29) is 0 Å². The SMILES string of the molecule is CSCC(C)CNCC1CC2CCC1C2. The van der Waals surface area contributed by atoms with Crippen LogP contribution in [0.15, 0.2) is 0 Å². The average Bonchev–Trinajstić information content (AvgIpc) is 2.79. The Hall–Kier alpha value is 0.310. The van der Waals surface area contributed by atoms with Gasteiger partial charge in [0.2, 0.25) is 0 Å². The van der Waals surface area contributed by atoms with Crippen LogP contribution in [0.3, 0.4) is 0 Å². The van der Waals surface area contributed by atoms with E-state index >= 15 is 0 Å². The molecule has 88 valence electrons. The van der Waals surface area contributed by atoms with Gasteiger partial charge in [0, 0.05) is 0 Å². The summed E-state index contributed by atoms with van der Waals surface area (Å²) in [6.07, 6.45) is 8.33. The van der Waals surface area contributed by atoms with Gasteiger partial charge in [0.15, 0.2) is 0 Å². The van der Waals surface area contributed by atoms with E-state index in [1.165, 1.54) is 38.1 Å². The molecule has 0 heterocycles. The van der Waals surface area contributed by atoms with Crippen molar-refractivity contribution in [1.29, 1.82) is 0 Å². The van der Waals surface area contributed by atoms with Crippen molar-refractivity contribution < 1.29 is 0 Å². The van der Waals surface area contributed by atoms with E-state index in [1.54, 1.807) is 6.42 Å². The molecule has 4 atom stereocenters. The molecule has 0 aromatic heterocycles. The third kappa shape index (κ3) is 3.13. The van der Waals surface area contributed by atoms with E-state index in [4.69, 9.17) is 0 Å². The molecule has 0 aromatic carbocycles. The van der Waals surface area contributed by atoms with Crippen LogP contribution >= 0.6 is 11.8 Å². The van der Waals surface area contributed by atoms with Crippen molar-refractivity contribution in [1.82, 2.24) is 5.32 Å². The first-order valence-electron chi connectivity index (χ1n) is 6.49. The molecular formula is C13H25NS. The molecule has 15 heavy (non-hydrogen) atoms. The fourth-order valence-electron chi connectivity index (χ4n) is 3.49. The highest BCUT2D eigenvalue weighted by atomic mass is 32.2. The first-order chi connectivity index (χ1) is 7.29. The Bertz CT molecular complexity index is 195. The van der Waals surface area contributed by atoms with Crippen molar-refractivity contribution in [2.45, 2.75) is 32.6 Å². The van der Waals surface area contributed by atoms with Crippen molar-refractivity contribution in [3.63, 3.8) is 0 Å². The highest BCUT2D eigenvalue weighted by molar-refractivity contribution is 7.98. The van der Waals surface area contributed by atoms with Crippen molar-refractivity contribution in [3.8, 4) is 0 Å². The molecule has 0 aromatic rings. The molecule has 0 amide bonds. The van der Waals surface area contributed by atoms with E-state index in [9.17, 15) is 0 Å². The standard InChI is InChI=1S/C13H25NS/c1-10(9-15-2)7-14-8-13-6-11-3-4-12(13)5-11/h10-14H,3-9H2,1-2H3. The summed E-state index contributed by atoms with van der Waals surface area (Å²) in [7, 11) is 0. The van der Waals surface area contributed by atoms with Crippen molar-refractivity contribution in [3.05, 3.63) is 0 Å². The summed E-state index contributed by atoms with van der Waals surface area (Å²) in [5.74, 6) is 5.33. The molecular weight excluding hydrogens is 202 g/mol. The summed E-state index contributed by atoms with van der Waals surface area (Å²) >= 11 is 1.96. The lowest BCUT2D eigenvalue weighted by Crippen LogP contribution is -2.30. The lowest BCUT2D eigenvalue weighted by atomic mass is 9.89. The predicted molar refractivity (Wildman–Crippen MR) is 69.4 cm³/mol. The van der Waals surface area contributed by atoms with Crippen LogP contribution in [0, 0.1) is 23.7 Å². The molecule has 2 saturated carbocycles. The molecule has 2 rings (SSSR count). The molecule has 4 unspecified atom stereocenters. The third-order valence-corrected chi connectivity index (χ3v) is 5.14. The summed E-state index contributed by atoms with van der Waals surface area (Å²) in [6, 6.07) is 0. The first-order valence-corrected chi connectivity index (χ1v) is 7.88. The van der Waals surface area contributed by atoms with E-state index in [0.717, 1.165) is 23.7 Å². The predicted octanol–water partition coefficient (Wildman–Crippen LogP) is 3.01. The Kier molecular flexibility index (Phi) is 4.39. The van der Waals surface area contributed by atoms with Gasteiger partial charge < -0.3 is 5.32 Å². The Morgan fingerprint density at radius 1 is 1.33 bits per heavy atom. The van der Waals surface area contributed by atoms with E-state index in [2.05, 4.69) is 18.5 Å². The molecule has 0 radical (unpaired) electrons. The third-order valence-electron chi connectivity index (χ3n) is 4.24. The van der Waals surface area contributed by atoms with E-state index in [0.29, 0.717) is 0 Å². The maximum absolute atomic E-state index is 3.68. The monoisotopic (exact) mass is 227 g/mol. The minimum absolute atomic E-state index is 0.832. The van der Waals surface area contributed by atoms with Crippen LogP contribution in [-0.2, 0) is 0 Å². The molecule has 2 fully saturated rings. The number of nitrogens with one attached hydrogen (secondary N) is 1. The van der Waals surface area contributed by atoms with Crippen LogP contribution < -0.4 is 5.32 Å². The van der Waals surface area contributed by atoms with Gasteiger partial charge >= 0.3 is 0 Å². The zero-order valence-corrected chi connectivity index (χ0v) is 11.0. The summed E-state index contributed by atoms with van der Waals surface area (Å²) in [4.78, 5) is 0. The maximum atomic E-state index is 3.68. The second-order valence-corrected chi connectivity index (χ2v) is 6.56. The largest absolute Gasteiger partial charge is 0.316 e. The zero-order chi connectivity index (χ0) is 10.7. The van der Waals surface area contributed by atoms with Gasteiger partial charge in [-0.3, -0.25) is 0 Å². The minimum Gasteiger partial charge on any atom is -0.316 e. The molecule has 0 spiro atoms. The van der Waals surface area contributed by atoms with Crippen LogP contribution in [0.5, 0.6) is 0 Å². The van der Waals surface area contributed by atoms with Gasteiger partial charge in [-0.15, -0.1) is 0 Å². The second-order valence-electron chi connectivity index (χ2n) is 5.65. The molecule has 2 heteroatoms. The van der Waals surface area contributed by atoms with Gasteiger partial charge in [-0.1, -0.05) is 13.3 Å². The normalized spacial score (nSPS) is 36.0. The van der Waals surface area contributed by atoms with Gasteiger partial charge in [-0.05, 0) is 68.0 Å². The molecule has 2 aliphatic rings. The highest BCUT2D eigenvalue weighted by Crippen LogP contribution is 2.47. The molecule has 1 N–H and O–H groups in total. The minimum atomic E-state index is 0.832. The van der Waals surface area contributed by atoms with Gasteiger partial charge in [0.25, 0.3) is 0 Å². The van der Waals surface area contributed by atoms with Gasteiger partial charge in [-0.2, -0.15) is 11.8 Å². The lowest BCUT2D eigenvalue weighted by Gasteiger charge is -2.22. The number of thioether (sulfide) groups is 1. The smallest absolute Gasteiger partial charge is 0.00152 e. The van der Waals surface area contributed by atoms with E-state index < -0.39 is 0 Å². The van der Waals surface area contributed by atoms with Crippen LogP contribution in [0.2, 0.25) is 0 Å². The average molecular weight is 227 g/mol. The fourth-order valence-corrected chi connectivity index (χ4v) is 4.17. The molecule has 0 saturated heterocycles. The van der Waals surface area contributed by atoms with E-state index in [1.807, 2.05) is 11.8 Å². The van der Waals surface area contributed by atoms with Crippen LogP contribution in [0.25, 0.3) is 0 Å². The van der Waals surface area contributed by atoms with Crippen molar-refractivity contribution >= 4 is 11.8 Å². The van der Waals surface area contributed by atoms with Gasteiger partial charge in [0.05, 0.1) is 0 Å². The topological polar surface area (TPSA) is 12.0 Å².